The van der Waals surface area contributed by atoms with E-state index < -0.39 is 130 Å². The molecule has 1 aromatic rings. The number of sulfone groups is 1. The summed E-state index contributed by atoms with van der Waals surface area (Å²) in [6.45, 7) is 18.0. The second-order valence-corrected chi connectivity index (χ2v) is 23.1. The van der Waals surface area contributed by atoms with E-state index in [-0.39, 0.29) is 42.0 Å². The molecule has 19 heteroatoms. The van der Waals surface area contributed by atoms with Crippen molar-refractivity contribution in [2.45, 2.75) is 197 Å². The molecule has 2 fully saturated rings. The lowest BCUT2D eigenvalue weighted by Crippen LogP contribution is -2.61. The van der Waals surface area contributed by atoms with Gasteiger partial charge in [-0.15, -0.1) is 0 Å². The Morgan fingerprint density at radius 3 is 2.10 bits per heavy atom. The van der Waals surface area contributed by atoms with Crippen molar-refractivity contribution in [3.8, 4) is 0 Å². The average Bonchev–Trinajstić information content (AvgIpc) is 3.26. The van der Waals surface area contributed by atoms with Crippen LogP contribution in [0.25, 0.3) is 0 Å². The van der Waals surface area contributed by atoms with Crippen molar-refractivity contribution in [3.63, 3.8) is 0 Å². The normalized spacial score (nSPS) is 29.4. The first-order chi connectivity index (χ1) is 31.2. The molecule has 2 aliphatic rings. The largest absolute Gasteiger partial charge is 0.459 e. The molecule has 2 aliphatic heterocycles. The summed E-state index contributed by atoms with van der Waals surface area (Å²) in [5.41, 5.74) is -4.15. The summed E-state index contributed by atoms with van der Waals surface area (Å²) in [6.07, 6.45) is -6.02. The van der Waals surface area contributed by atoms with E-state index in [4.69, 9.17) is 23.7 Å². The molecule has 1 amide bonds. The predicted octanol–water partition coefficient (Wildman–Crippen LogP) is 3.41. The molecule has 1 aromatic carbocycles. The molecular weight excluding hydrogens is 906 g/mol. The van der Waals surface area contributed by atoms with Crippen LogP contribution in [0.4, 0.5) is 4.39 Å². The lowest BCUT2D eigenvalue weighted by atomic mass is 9.69. The molecule has 0 spiro atoms. The number of nitrogens with one attached hydrogen (secondary N) is 1. The number of ether oxygens (including phenoxy) is 5. The molecule has 17 nitrogen and oxygen atoms in total. The van der Waals surface area contributed by atoms with Gasteiger partial charge in [0.2, 0.25) is 5.91 Å². The van der Waals surface area contributed by atoms with Crippen LogP contribution in [0.15, 0.2) is 29.2 Å². The molecular formula is C49H86FN3O14S. The fourth-order valence-electron chi connectivity index (χ4n) is 10.1. The summed E-state index contributed by atoms with van der Waals surface area (Å²) in [5, 5.41) is 59.6. The minimum atomic E-state index is -3.48. The molecule has 0 aromatic heterocycles. The zero-order chi connectivity index (χ0) is 52.0. The monoisotopic (exact) mass is 992 g/mol. The molecule has 394 valence electrons. The van der Waals surface area contributed by atoms with E-state index in [1.807, 2.05) is 25.8 Å². The number of likely N-dealkylation sites (N-methyl/N-ethyl adjacent to an activating group) is 1. The second kappa shape index (κ2) is 24.3. The third kappa shape index (κ3) is 14.8. The van der Waals surface area contributed by atoms with Crippen LogP contribution < -0.4 is 5.32 Å². The number of halogens is 1. The molecule has 6 N–H and O–H groups in total. The summed E-state index contributed by atoms with van der Waals surface area (Å²) in [7, 11) is 3.43. The summed E-state index contributed by atoms with van der Waals surface area (Å²) >= 11 is 0. The number of carbonyl (C=O) groups is 2. The Balaban J connectivity index is 1.88. The number of carbonyl (C=O) groups excluding carboxylic acids is 2. The van der Waals surface area contributed by atoms with Crippen molar-refractivity contribution in [2.75, 3.05) is 47.7 Å². The summed E-state index contributed by atoms with van der Waals surface area (Å²) in [5.74, 6) is -4.11. The van der Waals surface area contributed by atoms with Crippen LogP contribution in [0, 0.1) is 23.7 Å². The summed E-state index contributed by atoms with van der Waals surface area (Å²) < 4.78 is 69.7. The Bertz CT molecular complexity index is 1870. The minimum Gasteiger partial charge on any atom is -0.459 e. The molecule has 18 atom stereocenters. The number of benzene rings is 1. The van der Waals surface area contributed by atoms with Crippen molar-refractivity contribution in [1.82, 2.24) is 15.1 Å². The summed E-state index contributed by atoms with van der Waals surface area (Å²) in [6, 6.07) is 3.49. The van der Waals surface area contributed by atoms with E-state index >= 15 is 0 Å². The van der Waals surface area contributed by atoms with Crippen LogP contribution in [-0.4, -0.2) is 187 Å². The van der Waals surface area contributed by atoms with Crippen LogP contribution in [0.5, 0.6) is 0 Å². The van der Waals surface area contributed by atoms with Gasteiger partial charge in [0.15, 0.2) is 16.1 Å². The van der Waals surface area contributed by atoms with E-state index in [1.54, 1.807) is 74.4 Å². The number of aliphatic hydroxyl groups is 5. The highest BCUT2D eigenvalue weighted by molar-refractivity contribution is 7.90. The maximum Gasteiger partial charge on any atom is 0.309 e. The van der Waals surface area contributed by atoms with Crippen LogP contribution in [-0.2, 0) is 43.1 Å². The zero-order valence-corrected chi connectivity index (χ0v) is 44.2. The topological polar surface area (TPSA) is 234 Å². The average molecular weight is 992 g/mol. The number of amides is 1. The van der Waals surface area contributed by atoms with Gasteiger partial charge in [-0.2, -0.15) is 0 Å². The van der Waals surface area contributed by atoms with Gasteiger partial charge in [0.1, 0.15) is 36.7 Å². The van der Waals surface area contributed by atoms with Gasteiger partial charge in [-0.3, -0.25) is 9.59 Å². The first-order valence-corrected chi connectivity index (χ1v) is 25.9. The van der Waals surface area contributed by atoms with Gasteiger partial charge >= 0.3 is 5.97 Å². The number of hydrogen-bond acceptors (Lipinski definition) is 16. The van der Waals surface area contributed by atoms with Gasteiger partial charge in [-0.25, -0.2) is 12.8 Å². The zero-order valence-electron chi connectivity index (χ0n) is 43.4. The third-order valence-corrected chi connectivity index (χ3v) is 15.9. The van der Waals surface area contributed by atoms with Gasteiger partial charge in [-0.05, 0) is 106 Å². The Labute approximate surface area is 405 Å². The van der Waals surface area contributed by atoms with Crippen LogP contribution >= 0.6 is 0 Å². The van der Waals surface area contributed by atoms with Crippen molar-refractivity contribution < 1.29 is 71.6 Å². The number of rotatable bonds is 24. The van der Waals surface area contributed by atoms with Gasteiger partial charge in [0.05, 0.1) is 52.5 Å². The van der Waals surface area contributed by atoms with Crippen molar-refractivity contribution in [1.29, 1.82) is 0 Å². The second-order valence-electron chi connectivity index (χ2n) is 21.1. The quantitative estimate of drug-likeness (QED) is 0.0815. The Kier molecular flexibility index (Phi) is 21.4. The van der Waals surface area contributed by atoms with E-state index in [1.165, 1.54) is 38.3 Å². The highest BCUT2D eigenvalue weighted by Gasteiger charge is 2.53. The number of nitrogens with zero attached hydrogens (tertiary/aromatic N) is 2. The van der Waals surface area contributed by atoms with Crippen molar-refractivity contribution >= 4 is 21.7 Å². The maximum absolute atomic E-state index is 14.5. The number of esters is 1. The first-order valence-electron chi connectivity index (χ1n) is 24.0. The third-order valence-electron chi connectivity index (χ3n) is 14.8. The maximum atomic E-state index is 14.5. The lowest BCUT2D eigenvalue weighted by Gasteiger charge is -2.50. The fraction of sp³-hybridized carbons (Fsp3) is 0.837. The highest BCUT2D eigenvalue weighted by atomic mass is 32.2. The first kappa shape index (κ1) is 59.9. The molecule has 0 bridgehead atoms. The van der Waals surface area contributed by atoms with Crippen LogP contribution in [0.3, 0.4) is 0 Å². The smallest absolute Gasteiger partial charge is 0.309 e. The number of hydrogen-bond donors (Lipinski definition) is 6. The standard InChI is InChI=1S/C49H86FN3O14S/c1-17-38(49(11,60)42(55)31(6)52(12)13)66-46(58)30(5)40(37-24-48(10,63-15)43(56)32(7)65-37)29(4)44(47(8,9)59)67-39-23-34(22-28(3)64-39)53(14)26-27(2)45(57)51-36(25-50)41(54)33-18-20-35(21-19-33)68(16,61)62/h18-21,27-32,34,36-44,54-56,59-60H,17,22-26H2,1-16H3,(H,51,57)/t27?,28-,29+,30-,31-,32+,34+,36-,37-,38-,39+,40?,41-,42-,43+,44-,48-,49-/m1/s1. The molecule has 68 heavy (non-hydrogen) atoms. The highest BCUT2D eigenvalue weighted by Crippen LogP contribution is 2.44. The molecule has 3 rings (SSSR count). The van der Waals surface area contributed by atoms with Crippen molar-refractivity contribution in [2.24, 2.45) is 23.7 Å². The minimum absolute atomic E-state index is 0.0452. The van der Waals surface area contributed by atoms with Gasteiger partial charge in [0.25, 0.3) is 0 Å². The Morgan fingerprint density at radius 2 is 1.60 bits per heavy atom. The van der Waals surface area contributed by atoms with Crippen LogP contribution in [0.2, 0.25) is 0 Å². The van der Waals surface area contributed by atoms with E-state index in [9.17, 15) is 47.9 Å². The lowest BCUT2D eigenvalue weighted by molar-refractivity contribution is -0.272. The van der Waals surface area contributed by atoms with Crippen LogP contribution in [0.1, 0.15) is 114 Å². The molecule has 2 unspecified atom stereocenters. The summed E-state index contributed by atoms with van der Waals surface area (Å²) in [4.78, 5) is 31.7. The van der Waals surface area contributed by atoms with Crippen molar-refractivity contribution in [3.05, 3.63) is 29.8 Å². The SMILES string of the molecule is CC[C@@H](OC(=O)[C@H](C)C([C@H]1C[C@@](C)(OC)[C@@H](O)[C@H](C)O1)[C@H](C)[C@@H](O[C@H]1C[C@@H](N(C)CC(C)C(=O)N[C@H](CF)[C@H](O)c2ccc(S(C)(=O)=O)cc2)C[C@@H](C)O1)C(C)(C)O)[C@@](C)(O)[C@H](O)[C@@H](C)N(C)C. The van der Waals surface area contributed by atoms with Gasteiger partial charge in [0, 0.05) is 56.7 Å². The number of alkyl halides is 1. The van der Waals surface area contributed by atoms with E-state index in [0.717, 1.165) is 6.26 Å². The fourth-order valence-corrected chi connectivity index (χ4v) is 10.7. The number of methoxy groups -OCH3 is 1. The Hall–Kier alpha value is -2.40. The molecule has 0 aliphatic carbocycles. The molecule has 0 saturated carbocycles. The Morgan fingerprint density at radius 1 is 1.01 bits per heavy atom. The van der Waals surface area contributed by atoms with E-state index in [2.05, 4.69) is 5.32 Å². The van der Waals surface area contributed by atoms with Gasteiger partial charge in [-0.1, -0.05) is 39.8 Å². The predicted molar refractivity (Wildman–Crippen MR) is 255 cm³/mol. The molecule has 0 radical (unpaired) electrons. The van der Waals surface area contributed by atoms with E-state index in [0.29, 0.717) is 12.8 Å². The van der Waals surface area contributed by atoms with Gasteiger partial charge < -0.3 is 64.3 Å². The number of aliphatic hydroxyl groups excluding tert-OH is 3. The molecule has 2 saturated heterocycles. The molecule has 2 heterocycles.